The maximum absolute atomic E-state index is 13.6. The van der Waals surface area contributed by atoms with Gasteiger partial charge in [-0.05, 0) is 17.5 Å². The van der Waals surface area contributed by atoms with Crippen molar-refractivity contribution < 1.29 is 9.50 Å². The topological polar surface area (TPSA) is 46.2 Å². The molecule has 16 heavy (non-hydrogen) atoms. The molecule has 1 aromatic rings. The van der Waals surface area contributed by atoms with Crippen LogP contribution in [0.2, 0.25) is 5.02 Å². The molecule has 0 radical (unpaired) electrons. The van der Waals surface area contributed by atoms with E-state index in [2.05, 4.69) is 0 Å². The molecule has 1 rings (SSSR count). The predicted octanol–water partition coefficient (Wildman–Crippen LogP) is 2.89. The second-order valence-corrected chi connectivity index (χ2v) is 5.44. The lowest BCUT2D eigenvalue weighted by atomic mass is 9.82. The summed E-state index contributed by atoms with van der Waals surface area (Å²) in [7, 11) is 0. The number of aliphatic hydroxyl groups excluding tert-OH is 1. The quantitative estimate of drug-likeness (QED) is 0.842. The maximum Gasteiger partial charge on any atom is 0.129 e. The Morgan fingerprint density at radius 3 is 2.38 bits per heavy atom. The van der Waals surface area contributed by atoms with Crippen molar-refractivity contribution in [2.75, 3.05) is 0 Å². The number of halogens is 2. The third-order valence-corrected chi connectivity index (χ3v) is 2.78. The van der Waals surface area contributed by atoms with Crippen LogP contribution in [0, 0.1) is 11.2 Å². The summed E-state index contributed by atoms with van der Waals surface area (Å²) in [6.45, 7) is 5.56. The summed E-state index contributed by atoms with van der Waals surface area (Å²) in [5, 5.41) is 10.3. The fourth-order valence-electron chi connectivity index (χ4n) is 1.48. The monoisotopic (exact) mass is 245 g/mol. The molecule has 2 atom stereocenters. The lowest BCUT2D eigenvalue weighted by Crippen LogP contribution is -2.37. The second kappa shape index (κ2) is 4.70. The summed E-state index contributed by atoms with van der Waals surface area (Å²) in [5.41, 5.74) is 5.73. The maximum atomic E-state index is 13.6. The lowest BCUT2D eigenvalue weighted by molar-refractivity contribution is 0.0391. The van der Waals surface area contributed by atoms with Crippen molar-refractivity contribution in [1.82, 2.24) is 0 Å². The average molecular weight is 246 g/mol. The number of rotatable bonds is 2. The molecule has 0 heterocycles. The molecule has 0 bridgehead atoms. The molecule has 0 fully saturated rings. The molecule has 0 saturated heterocycles. The zero-order chi connectivity index (χ0) is 12.5. The smallest absolute Gasteiger partial charge is 0.129 e. The normalized spacial score (nSPS) is 15.9. The minimum absolute atomic E-state index is 0.284. The van der Waals surface area contributed by atoms with Crippen molar-refractivity contribution in [2.45, 2.75) is 32.9 Å². The van der Waals surface area contributed by atoms with E-state index >= 15 is 0 Å². The van der Waals surface area contributed by atoms with E-state index in [9.17, 15) is 9.50 Å². The van der Waals surface area contributed by atoms with Gasteiger partial charge in [-0.25, -0.2) is 4.39 Å². The van der Waals surface area contributed by atoms with E-state index in [0.717, 1.165) is 0 Å². The molecular formula is C12H17ClFNO. The van der Waals surface area contributed by atoms with Crippen LogP contribution in [0.4, 0.5) is 4.39 Å². The first kappa shape index (κ1) is 13.4. The highest BCUT2D eigenvalue weighted by Gasteiger charge is 2.30. The van der Waals surface area contributed by atoms with E-state index in [1.807, 2.05) is 20.8 Å². The zero-order valence-electron chi connectivity index (χ0n) is 9.67. The van der Waals surface area contributed by atoms with Crippen LogP contribution in [0.1, 0.15) is 32.4 Å². The van der Waals surface area contributed by atoms with Gasteiger partial charge >= 0.3 is 0 Å². The highest BCUT2D eigenvalue weighted by molar-refractivity contribution is 6.30. The van der Waals surface area contributed by atoms with Crippen LogP contribution in [0.3, 0.4) is 0 Å². The highest BCUT2D eigenvalue weighted by atomic mass is 35.5. The number of hydrogen-bond acceptors (Lipinski definition) is 2. The minimum Gasteiger partial charge on any atom is -0.391 e. The van der Waals surface area contributed by atoms with Gasteiger partial charge in [-0.15, -0.1) is 0 Å². The lowest BCUT2D eigenvalue weighted by Gasteiger charge is -2.31. The van der Waals surface area contributed by atoms with Gasteiger partial charge in [0.1, 0.15) is 5.82 Å². The van der Waals surface area contributed by atoms with Crippen molar-refractivity contribution in [2.24, 2.45) is 11.1 Å². The molecule has 0 unspecified atom stereocenters. The van der Waals surface area contributed by atoms with Gasteiger partial charge in [0.2, 0.25) is 0 Å². The molecule has 1 aromatic carbocycles. The Kier molecular flexibility index (Phi) is 3.94. The largest absolute Gasteiger partial charge is 0.391 e. The van der Waals surface area contributed by atoms with Gasteiger partial charge in [0.25, 0.3) is 0 Å². The molecule has 4 heteroatoms. The molecule has 0 saturated carbocycles. The van der Waals surface area contributed by atoms with Crippen molar-refractivity contribution >= 4 is 11.6 Å². The van der Waals surface area contributed by atoms with Crippen LogP contribution in [-0.4, -0.2) is 11.2 Å². The number of nitrogens with two attached hydrogens (primary N) is 1. The fourth-order valence-corrected chi connectivity index (χ4v) is 1.64. The zero-order valence-corrected chi connectivity index (χ0v) is 10.4. The Morgan fingerprint density at radius 1 is 1.38 bits per heavy atom. The van der Waals surface area contributed by atoms with E-state index in [1.54, 1.807) is 6.07 Å². The Hall–Kier alpha value is -0.640. The van der Waals surface area contributed by atoms with Gasteiger partial charge in [-0.3, -0.25) is 0 Å². The summed E-state index contributed by atoms with van der Waals surface area (Å²) < 4.78 is 13.6. The van der Waals surface area contributed by atoms with Crippen LogP contribution in [-0.2, 0) is 0 Å². The summed E-state index contributed by atoms with van der Waals surface area (Å²) in [4.78, 5) is 0. The van der Waals surface area contributed by atoms with Gasteiger partial charge in [0, 0.05) is 10.6 Å². The van der Waals surface area contributed by atoms with E-state index in [-0.39, 0.29) is 5.56 Å². The Morgan fingerprint density at radius 2 is 1.94 bits per heavy atom. The molecule has 0 aliphatic heterocycles. The predicted molar refractivity (Wildman–Crippen MR) is 63.8 cm³/mol. The van der Waals surface area contributed by atoms with Gasteiger partial charge in [-0.1, -0.05) is 38.4 Å². The third-order valence-electron chi connectivity index (χ3n) is 2.55. The Bertz CT molecular complexity index is 376. The minimum atomic E-state index is -0.817. The van der Waals surface area contributed by atoms with Gasteiger partial charge in [0.15, 0.2) is 0 Å². The molecule has 0 aromatic heterocycles. The molecule has 0 amide bonds. The second-order valence-electron chi connectivity index (χ2n) is 5.00. The summed E-state index contributed by atoms with van der Waals surface area (Å²) in [5.74, 6) is -0.483. The SMILES string of the molecule is CC(C)(C)[C@@H](O)[C@@H](N)c1ccc(Cl)cc1F. The molecule has 3 N–H and O–H groups in total. The third kappa shape index (κ3) is 2.94. The summed E-state index contributed by atoms with van der Waals surface area (Å²) >= 11 is 5.65. The highest BCUT2D eigenvalue weighted by Crippen LogP contribution is 2.30. The first-order chi connectivity index (χ1) is 7.23. The van der Waals surface area contributed by atoms with Crippen LogP contribution in [0.15, 0.2) is 18.2 Å². The van der Waals surface area contributed by atoms with Crippen LogP contribution in [0.25, 0.3) is 0 Å². The van der Waals surface area contributed by atoms with E-state index < -0.39 is 23.4 Å². The molecule has 90 valence electrons. The van der Waals surface area contributed by atoms with Crippen LogP contribution >= 0.6 is 11.6 Å². The van der Waals surface area contributed by atoms with E-state index in [4.69, 9.17) is 17.3 Å². The van der Waals surface area contributed by atoms with Gasteiger partial charge in [0.05, 0.1) is 12.1 Å². The number of benzene rings is 1. The van der Waals surface area contributed by atoms with E-state index in [0.29, 0.717) is 5.02 Å². The average Bonchev–Trinajstić information content (AvgIpc) is 2.14. The summed E-state index contributed by atoms with van der Waals surface area (Å²) in [6.07, 6.45) is -0.817. The molecule has 0 spiro atoms. The molecular weight excluding hydrogens is 229 g/mol. The first-order valence-corrected chi connectivity index (χ1v) is 5.50. The summed E-state index contributed by atoms with van der Waals surface area (Å²) in [6, 6.07) is 3.52. The van der Waals surface area contributed by atoms with Crippen molar-refractivity contribution in [3.05, 3.63) is 34.6 Å². The van der Waals surface area contributed by atoms with Crippen LogP contribution < -0.4 is 5.73 Å². The van der Waals surface area contributed by atoms with E-state index in [1.165, 1.54) is 12.1 Å². The molecule has 2 nitrogen and oxygen atoms in total. The Labute approximate surface area is 100 Å². The molecule has 0 aliphatic rings. The van der Waals surface area contributed by atoms with Crippen molar-refractivity contribution in [3.63, 3.8) is 0 Å². The fraction of sp³-hybridized carbons (Fsp3) is 0.500. The number of hydrogen-bond donors (Lipinski definition) is 2. The van der Waals surface area contributed by atoms with Gasteiger partial charge < -0.3 is 10.8 Å². The standard InChI is InChI=1S/C12H17ClFNO/c1-12(2,3)11(16)10(15)8-5-4-7(13)6-9(8)14/h4-6,10-11,16H,15H2,1-3H3/t10-,11-/m0/s1. The van der Waals surface area contributed by atoms with Crippen LogP contribution in [0.5, 0.6) is 0 Å². The van der Waals surface area contributed by atoms with Gasteiger partial charge in [-0.2, -0.15) is 0 Å². The number of aliphatic hydroxyl groups is 1. The van der Waals surface area contributed by atoms with Crippen molar-refractivity contribution in [1.29, 1.82) is 0 Å². The van der Waals surface area contributed by atoms with Crippen molar-refractivity contribution in [3.8, 4) is 0 Å². The molecule has 0 aliphatic carbocycles. The first-order valence-electron chi connectivity index (χ1n) is 5.12. The Balaban J connectivity index is 3.01.